The zero-order chi connectivity index (χ0) is 15.8. The molecule has 6 heteroatoms. The summed E-state index contributed by atoms with van der Waals surface area (Å²) >= 11 is 0. The molecule has 0 amide bonds. The van der Waals surface area contributed by atoms with E-state index >= 15 is 0 Å². The molecule has 0 spiro atoms. The Bertz CT molecular complexity index is 542. The normalized spacial score (nSPS) is 23.5. The van der Waals surface area contributed by atoms with Crippen molar-refractivity contribution in [2.45, 2.75) is 26.6 Å². The molecule has 2 atom stereocenters. The van der Waals surface area contributed by atoms with Crippen LogP contribution in [0.5, 0.6) is 0 Å². The molecule has 0 aliphatic carbocycles. The van der Waals surface area contributed by atoms with Crippen molar-refractivity contribution in [1.82, 2.24) is 4.90 Å². The third-order valence-electron chi connectivity index (χ3n) is 4.11. The van der Waals surface area contributed by atoms with Crippen molar-refractivity contribution in [1.29, 1.82) is 0 Å². The Labute approximate surface area is 121 Å². The third kappa shape index (κ3) is 3.56. The number of likely N-dealkylation sites (tertiary alicyclic amines) is 1. The van der Waals surface area contributed by atoms with E-state index in [0.29, 0.717) is 6.54 Å². The average Bonchev–Trinajstić information content (AvgIpc) is 2.78. The SMILES string of the molecule is Cc1ccc(CN2C[C@@H](C(F)(F)F)[C@H](C(=O)O)C2)cc1C. The van der Waals surface area contributed by atoms with Gasteiger partial charge in [-0.05, 0) is 30.5 Å². The van der Waals surface area contributed by atoms with Crippen molar-refractivity contribution < 1.29 is 23.1 Å². The summed E-state index contributed by atoms with van der Waals surface area (Å²) in [4.78, 5) is 12.6. The number of carbonyl (C=O) groups is 1. The van der Waals surface area contributed by atoms with Gasteiger partial charge in [0.25, 0.3) is 0 Å². The van der Waals surface area contributed by atoms with E-state index in [2.05, 4.69) is 0 Å². The number of hydrogen-bond donors (Lipinski definition) is 1. The molecule has 1 aliphatic heterocycles. The highest BCUT2D eigenvalue weighted by Gasteiger charge is 2.52. The molecular weight excluding hydrogens is 283 g/mol. The fraction of sp³-hybridized carbons (Fsp3) is 0.533. The minimum Gasteiger partial charge on any atom is -0.481 e. The van der Waals surface area contributed by atoms with Gasteiger partial charge in [-0.3, -0.25) is 9.69 Å². The van der Waals surface area contributed by atoms with E-state index in [-0.39, 0.29) is 13.1 Å². The monoisotopic (exact) mass is 301 g/mol. The van der Waals surface area contributed by atoms with Gasteiger partial charge in [-0.1, -0.05) is 18.2 Å². The van der Waals surface area contributed by atoms with E-state index in [9.17, 15) is 18.0 Å². The first kappa shape index (κ1) is 15.8. The minimum absolute atomic E-state index is 0.0631. The molecule has 1 heterocycles. The smallest absolute Gasteiger partial charge is 0.393 e. The second-order valence-electron chi connectivity index (χ2n) is 5.71. The predicted octanol–water partition coefficient (Wildman–Crippen LogP) is 3.00. The Balaban J connectivity index is 2.12. The molecule has 0 bridgehead atoms. The van der Waals surface area contributed by atoms with E-state index in [1.807, 2.05) is 32.0 Å². The molecule has 1 N–H and O–H groups in total. The number of carboxylic acid groups (broad SMARTS) is 1. The molecule has 0 unspecified atom stereocenters. The number of nitrogens with zero attached hydrogens (tertiary/aromatic N) is 1. The third-order valence-corrected chi connectivity index (χ3v) is 4.11. The molecule has 0 radical (unpaired) electrons. The number of alkyl halides is 3. The van der Waals surface area contributed by atoms with Gasteiger partial charge in [-0.2, -0.15) is 13.2 Å². The number of hydrogen-bond acceptors (Lipinski definition) is 2. The molecule has 21 heavy (non-hydrogen) atoms. The van der Waals surface area contributed by atoms with Gasteiger partial charge in [-0.15, -0.1) is 0 Å². The highest BCUT2D eigenvalue weighted by atomic mass is 19.4. The second kappa shape index (κ2) is 5.67. The van der Waals surface area contributed by atoms with Crippen LogP contribution in [0, 0.1) is 25.7 Å². The van der Waals surface area contributed by atoms with Gasteiger partial charge >= 0.3 is 12.1 Å². The summed E-state index contributed by atoms with van der Waals surface area (Å²) in [7, 11) is 0. The van der Waals surface area contributed by atoms with Crippen LogP contribution in [0.15, 0.2) is 18.2 Å². The molecule has 1 aromatic carbocycles. The average molecular weight is 301 g/mol. The fourth-order valence-corrected chi connectivity index (χ4v) is 2.76. The lowest BCUT2D eigenvalue weighted by atomic mass is 9.96. The van der Waals surface area contributed by atoms with Crippen molar-refractivity contribution in [3.8, 4) is 0 Å². The van der Waals surface area contributed by atoms with Gasteiger partial charge in [0.1, 0.15) is 0 Å². The van der Waals surface area contributed by atoms with Crippen LogP contribution in [0.2, 0.25) is 0 Å². The van der Waals surface area contributed by atoms with Crippen LogP contribution in [0.3, 0.4) is 0 Å². The summed E-state index contributed by atoms with van der Waals surface area (Å²) < 4.78 is 38.7. The number of aliphatic carboxylic acids is 1. The maximum absolute atomic E-state index is 12.9. The molecule has 1 aromatic rings. The maximum atomic E-state index is 12.9. The van der Waals surface area contributed by atoms with Crippen molar-refractivity contribution in [2.24, 2.45) is 11.8 Å². The highest BCUT2D eigenvalue weighted by Crippen LogP contribution is 2.38. The first-order valence-corrected chi connectivity index (χ1v) is 6.76. The topological polar surface area (TPSA) is 40.5 Å². The summed E-state index contributed by atoms with van der Waals surface area (Å²) in [6.45, 7) is 3.94. The fourth-order valence-electron chi connectivity index (χ4n) is 2.76. The summed E-state index contributed by atoms with van der Waals surface area (Å²) in [5.74, 6) is -4.54. The first-order chi connectivity index (χ1) is 9.68. The molecule has 116 valence electrons. The highest BCUT2D eigenvalue weighted by molar-refractivity contribution is 5.71. The van der Waals surface area contributed by atoms with Gasteiger partial charge in [0, 0.05) is 19.6 Å². The van der Waals surface area contributed by atoms with Crippen LogP contribution in [-0.2, 0) is 11.3 Å². The summed E-state index contributed by atoms with van der Waals surface area (Å²) in [5, 5.41) is 8.98. The van der Waals surface area contributed by atoms with E-state index in [4.69, 9.17) is 5.11 Å². The van der Waals surface area contributed by atoms with Gasteiger partial charge in [-0.25, -0.2) is 0 Å². The van der Waals surface area contributed by atoms with Gasteiger partial charge in [0.05, 0.1) is 11.8 Å². The molecule has 3 nitrogen and oxygen atoms in total. The van der Waals surface area contributed by atoms with Gasteiger partial charge in [0.2, 0.25) is 0 Å². The molecule has 2 rings (SSSR count). The zero-order valence-electron chi connectivity index (χ0n) is 11.9. The first-order valence-electron chi connectivity index (χ1n) is 6.76. The number of aryl methyl sites for hydroxylation is 2. The van der Waals surface area contributed by atoms with Crippen molar-refractivity contribution >= 4 is 5.97 Å². The quantitative estimate of drug-likeness (QED) is 0.933. The van der Waals surface area contributed by atoms with E-state index in [1.54, 1.807) is 4.90 Å². The van der Waals surface area contributed by atoms with Gasteiger partial charge in [0.15, 0.2) is 0 Å². The van der Waals surface area contributed by atoms with Crippen molar-refractivity contribution in [3.63, 3.8) is 0 Å². The zero-order valence-corrected chi connectivity index (χ0v) is 11.9. The van der Waals surface area contributed by atoms with E-state index in [0.717, 1.165) is 16.7 Å². The van der Waals surface area contributed by atoms with Gasteiger partial charge < -0.3 is 5.11 Å². The standard InChI is InChI=1S/C15H18F3NO2/c1-9-3-4-11(5-10(9)2)6-19-7-12(14(20)21)13(8-19)15(16,17)18/h3-5,12-13H,6-8H2,1-2H3,(H,20,21)/t12-,13-/m1/s1. The molecule has 1 fully saturated rings. The van der Waals surface area contributed by atoms with Crippen LogP contribution in [0.25, 0.3) is 0 Å². The number of halogens is 3. The molecular formula is C15H18F3NO2. The predicted molar refractivity (Wildman–Crippen MR) is 71.9 cm³/mol. The molecule has 1 saturated heterocycles. The summed E-state index contributed by atoms with van der Waals surface area (Å²) in [5.41, 5.74) is 3.11. The summed E-state index contributed by atoms with van der Waals surface area (Å²) in [6, 6.07) is 5.74. The minimum atomic E-state index is -4.47. The largest absolute Gasteiger partial charge is 0.481 e. The van der Waals surface area contributed by atoms with Crippen LogP contribution in [0.1, 0.15) is 16.7 Å². The Hall–Kier alpha value is -1.56. The lowest BCUT2D eigenvalue weighted by Crippen LogP contribution is -2.33. The van der Waals surface area contributed by atoms with Crippen LogP contribution in [0.4, 0.5) is 13.2 Å². The summed E-state index contributed by atoms with van der Waals surface area (Å²) in [6.07, 6.45) is -4.47. The molecule has 0 saturated carbocycles. The molecule has 0 aromatic heterocycles. The van der Waals surface area contributed by atoms with Crippen LogP contribution in [-0.4, -0.2) is 35.2 Å². The number of carboxylic acids is 1. The maximum Gasteiger partial charge on any atom is 0.393 e. The van der Waals surface area contributed by atoms with E-state index < -0.39 is 24.0 Å². The molecule has 1 aliphatic rings. The Morgan fingerprint density at radius 2 is 1.95 bits per heavy atom. The lowest BCUT2D eigenvalue weighted by Gasteiger charge is -2.18. The van der Waals surface area contributed by atoms with E-state index in [1.165, 1.54) is 0 Å². The lowest BCUT2D eigenvalue weighted by molar-refractivity contribution is -0.188. The van der Waals surface area contributed by atoms with Crippen molar-refractivity contribution in [2.75, 3.05) is 13.1 Å². The Kier molecular flexibility index (Phi) is 4.27. The second-order valence-corrected chi connectivity index (χ2v) is 5.71. The Morgan fingerprint density at radius 1 is 1.29 bits per heavy atom. The van der Waals surface area contributed by atoms with Crippen molar-refractivity contribution in [3.05, 3.63) is 34.9 Å². The number of rotatable bonds is 3. The number of benzene rings is 1. The van der Waals surface area contributed by atoms with Crippen LogP contribution < -0.4 is 0 Å². The van der Waals surface area contributed by atoms with Crippen LogP contribution >= 0.6 is 0 Å². The Morgan fingerprint density at radius 3 is 2.43 bits per heavy atom.